The molecule has 2 amide bonds. The van der Waals surface area contributed by atoms with Crippen molar-refractivity contribution in [1.29, 1.82) is 0 Å². The van der Waals surface area contributed by atoms with Crippen LogP contribution in [0.4, 0.5) is 5.69 Å². The third kappa shape index (κ3) is 4.29. The second-order valence-corrected chi connectivity index (χ2v) is 8.47. The summed E-state index contributed by atoms with van der Waals surface area (Å²) in [7, 11) is 2.12. The molecule has 6 nitrogen and oxygen atoms in total. The molecule has 0 N–H and O–H groups in total. The van der Waals surface area contributed by atoms with Crippen LogP contribution in [0.3, 0.4) is 0 Å². The summed E-state index contributed by atoms with van der Waals surface area (Å²) >= 11 is 0. The number of amides is 2. The van der Waals surface area contributed by atoms with Crippen molar-refractivity contribution < 1.29 is 14.0 Å². The van der Waals surface area contributed by atoms with Crippen LogP contribution in [0.25, 0.3) is 0 Å². The average molecular weight is 410 g/mol. The Balaban J connectivity index is 1.53. The van der Waals surface area contributed by atoms with E-state index >= 15 is 0 Å². The highest BCUT2D eigenvalue weighted by atomic mass is 16.3. The van der Waals surface area contributed by atoms with Crippen LogP contribution in [-0.4, -0.2) is 54.3 Å². The fourth-order valence-corrected chi connectivity index (χ4v) is 4.68. The monoisotopic (exact) mass is 409 g/mol. The number of carbonyl (C=O) groups is 2. The van der Waals surface area contributed by atoms with Gasteiger partial charge in [0.05, 0.1) is 18.7 Å². The van der Waals surface area contributed by atoms with Gasteiger partial charge in [-0.25, -0.2) is 0 Å². The van der Waals surface area contributed by atoms with Gasteiger partial charge in [-0.2, -0.15) is 0 Å². The highest BCUT2D eigenvalue weighted by Gasteiger charge is 2.40. The zero-order valence-corrected chi connectivity index (χ0v) is 17.9. The van der Waals surface area contributed by atoms with Gasteiger partial charge in [0.15, 0.2) is 0 Å². The van der Waals surface area contributed by atoms with Crippen LogP contribution in [0, 0.1) is 5.92 Å². The summed E-state index contributed by atoms with van der Waals surface area (Å²) in [6.45, 7) is 4.97. The van der Waals surface area contributed by atoms with Crippen LogP contribution in [-0.2, 0) is 22.6 Å². The number of piperidine rings is 1. The van der Waals surface area contributed by atoms with Gasteiger partial charge in [-0.1, -0.05) is 25.1 Å². The molecule has 0 radical (unpaired) electrons. The summed E-state index contributed by atoms with van der Waals surface area (Å²) in [6.07, 6.45) is 4.68. The minimum atomic E-state index is -0.308. The first kappa shape index (κ1) is 20.7. The van der Waals surface area contributed by atoms with Crippen molar-refractivity contribution >= 4 is 17.5 Å². The van der Waals surface area contributed by atoms with Crippen molar-refractivity contribution in [2.75, 3.05) is 31.6 Å². The quantitative estimate of drug-likeness (QED) is 0.734. The molecule has 2 aromatic rings. The fraction of sp³-hybridized carbons (Fsp3) is 0.500. The van der Waals surface area contributed by atoms with Crippen molar-refractivity contribution in [2.45, 2.75) is 45.2 Å². The molecule has 1 aromatic heterocycles. The van der Waals surface area contributed by atoms with Crippen molar-refractivity contribution in [3.63, 3.8) is 0 Å². The largest absolute Gasteiger partial charge is 0.467 e. The van der Waals surface area contributed by atoms with Crippen molar-refractivity contribution in [3.8, 4) is 0 Å². The van der Waals surface area contributed by atoms with Gasteiger partial charge in [0, 0.05) is 24.7 Å². The van der Waals surface area contributed by atoms with Crippen LogP contribution in [0.1, 0.15) is 37.5 Å². The molecule has 1 atom stereocenters. The van der Waals surface area contributed by atoms with Crippen LogP contribution in [0.5, 0.6) is 0 Å². The number of carbonyl (C=O) groups excluding carboxylic acids is 2. The maximum absolute atomic E-state index is 13.6. The Kier molecular flexibility index (Phi) is 6.23. The van der Waals surface area contributed by atoms with Crippen molar-refractivity contribution in [2.24, 2.45) is 5.92 Å². The number of furan rings is 1. The summed E-state index contributed by atoms with van der Waals surface area (Å²) in [5, 5.41) is 0. The molecule has 0 saturated carbocycles. The molecule has 4 rings (SSSR count). The molecule has 2 fully saturated rings. The normalized spacial score (nSPS) is 20.7. The van der Waals surface area contributed by atoms with Gasteiger partial charge in [-0.15, -0.1) is 0 Å². The molecule has 3 heterocycles. The number of para-hydroxylation sites is 1. The molecule has 1 aromatic carbocycles. The number of hydrogen-bond acceptors (Lipinski definition) is 4. The van der Waals surface area contributed by atoms with E-state index in [0.29, 0.717) is 13.1 Å². The smallest absolute Gasteiger partial charge is 0.228 e. The summed E-state index contributed by atoms with van der Waals surface area (Å²) in [6, 6.07) is 12.0. The number of anilines is 1. The molecule has 6 heteroatoms. The lowest BCUT2D eigenvalue weighted by Gasteiger charge is -2.38. The van der Waals surface area contributed by atoms with Crippen LogP contribution < -0.4 is 4.90 Å². The number of benzene rings is 1. The van der Waals surface area contributed by atoms with E-state index in [1.54, 1.807) is 11.2 Å². The van der Waals surface area contributed by atoms with Gasteiger partial charge in [-0.05, 0) is 63.2 Å². The highest BCUT2D eigenvalue weighted by molar-refractivity contribution is 6.00. The topological polar surface area (TPSA) is 57.0 Å². The number of aryl methyl sites for hydroxylation is 1. The standard InChI is InChI=1S/C24H31N3O3/c1-3-18-7-4-5-9-22(18)27-16-19(15-23(27)28)24(29)26(17-21-8-6-14-30-21)20-10-12-25(2)13-11-20/h4-9,14,19-20H,3,10-13,15-17H2,1-2H3. The number of nitrogens with zero attached hydrogens (tertiary/aromatic N) is 3. The number of likely N-dealkylation sites (tertiary alicyclic amines) is 1. The second kappa shape index (κ2) is 9.04. The van der Waals surface area contributed by atoms with E-state index in [1.165, 1.54) is 0 Å². The average Bonchev–Trinajstić information content (AvgIpc) is 3.42. The first-order valence-corrected chi connectivity index (χ1v) is 11.0. The van der Waals surface area contributed by atoms with Gasteiger partial charge in [0.1, 0.15) is 5.76 Å². The van der Waals surface area contributed by atoms with E-state index in [0.717, 1.165) is 49.4 Å². The molecule has 0 aliphatic carbocycles. The Bertz CT molecular complexity index is 872. The maximum atomic E-state index is 13.6. The SMILES string of the molecule is CCc1ccccc1N1CC(C(=O)N(Cc2ccco2)C2CCN(C)CC2)CC1=O. The van der Waals surface area contributed by atoms with Crippen molar-refractivity contribution in [3.05, 3.63) is 54.0 Å². The van der Waals surface area contributed by atoms with Crippen LogP contribution >= 0.6 is 0 Å². The van der Waals surface area contributed by atoms with Gasteiger partial charge in [0.25, 0.3) is 0 Å². The third-order valence-corrected chi connectivity index (χ3v) is 6.46. The summed E-state index contributed by atoms with van der Waals surface area (Å²) in [5.74, 6) is 0.596. The highest BCUT2D eigenvalue weighted by Crippen LogP contribution is 2.31. The molecule has 0 bridgehead atoms. The molecule has 2 saturated heterocycles. The summed E-state index contributed by atoms with van der Waals surface area (Å²) in [5.41, 5.74) is 2.08. The molecule has 160 valence electrons. The Morgan fingerprint density at radius 1 is 1.17 bits per heavy atom. The van der Waals surface area contributed by atoms with Gasteiger partial charge in [-0.3, -0.25) is 9.59 Å². The molecule has 2 aliphatic heterocycles. The lowest BCUT2D eigenvalue weighted by Crippen LogP contribution is -2.48. The molecule has 30 heavy (non-hydrogen) atoms. The van der Waals surface area contributed by atoms with Crippen molar-refractivity contribution in [1.82, 2.24) is 9.80 Å². The molecular formula is C24H31N3O3. The Hall–Kier alpha value is -2.60. The fourth-order valence-electron chi connectivity index (χ4n) is 4.68. The predicted molar refractivity (Wildman–Crippen MR) is 116 cm³/mol. The van der Waals surface area contributed by atoms with E-state index in [2.05, 4.69) is 24.9 Å². The minimum Gasteiger partial charge on any atom is -0.467 e. The molecule has 2 aliphatic rings. The summed E-state index contributed by atoms with van der Waals surface area (Å²) in [4.78, 5) is 32.5. The second-order valence-electron chi connectivity index (χ2n) is 8.47. The van der Waals surface area contributed by atoms with Crippen LogP contribution in [0.2, 0.25) is 0 Å². The summed E-state index contributed by atoms with van der Waals surface area (Å²) < 4.78 is 5.55. The van der Waals surface area contributed by atoms with E-state index in [1.807, 2.05) is 35.2 Å². The van der Waals surface area contributed by atoms with E-state index in [9.17, 15) is 9.59 Å². The van der Waals surface area contributed by atoms with Gasteiger partial charge in [0.2, 0.25) is 11.8 Å². The first-order valence-electron chi connectivity index (χ1n) is 11.0. The third-order valence-electron chi connectivity index (χ3n) is 6.46. The van der Waals surface area contributed by atoms with Crippen LogP contribution in [0.15, 0.2) is 47.1 Å². The first-order chi connectivity index (χ1) is 14.6. The number of rotatable bonds is 6. The molecule has 0 spiro atoms. The number of hydrogen-bond donors (Lipinski definition) is 0. The zero-order chi connectivity index (χ0) is 21.1. The van der Waals surface area contributed by atoms with E-state index < -0.39 is 0 Å². The zero-order valence-electron chi connectivity index (χ0n) is 17.9. The Morgan fingerprint density at radius 3 is 2.63 bits per heavy atom. The Labute approximate surface area is 178 Å². The lowest BCUT2D eigenvalue weighted by molar-refractivity contribution is -0.140. The maximum Gasteiger partial charge on any atom is 0.228 e. The predicted octanol–water partition coefficient (Wildman–Crippen LogP) is 3.32. The molecule has 1 unspecified atom stereocenters. The van der Waals surface area contributed by atoms with E-state index in [4.69, 9.17) is 4.42 Å². The minimum absolute atomic E-state index is 0.0376. The van der Waals surface area contributed by atoms with E-state index in [-0.39, 0.29) is 30.2 Å². The Morgan fingerprint density at radius 2 is 1.93 bits per heavy atom. The van der Waals surface area contributed by atoms with Gasteiger partial charge >= 0.3 is 0 Å². The molecular weight excluding hydrogens is 378 g/mol. The van der Waals surface area contributed by atoms with Gasteiger partial charge < -0.3 is 19.1 Å². The lowest BCUT2D eigenvalue weighted by atomic mass is 9.99.